The molecule has 0 bridgehead atoms. The largest absolute Gasteiger partial charge is 0.356 e. The second-order valence-electron chi connectivity index (χ2n) is 5.42. The van der Waals surface area contributed by atoms with Crippen molar-refractivity contribution in [2.24, 2.45) is 0 Å². The van der Waals surface area contributed by atoms with E-state index in [0.717, 1.165) is 29.3 Å². The lowest BCUT2D eigenvalue weighted by atomic mass is 10.1. The lowest BCUT2D eigenvalue weighted by molar-refractivity contribution is 0.941. The lowest BCUT2D eigenvalue weighted by Crippen LogP contribution is -2.17. The third kappa shape index (κ3) is 5.42. The van der Waals surface area contributed by atoms with E-state index in [1.807, 2.05) is 30.3 Å². The maximum atomic E-state index is 12.1. The predicted octanol–water partition coefficient (Wildman–Crippen LogP) is 2.75. The number of hydrogen-bond acceptors (Lipinski definition) is 6. The van der Waals surface area contributed by atoms with Crippen molar-refractivity contribution in [3.63, 3.8) is 0 Å². The zero-order valence-corrected chi connectivity index (χ0v) is 14.5. The molecule has 3 aromatic heterocycles. The molecule has 0 radical (unpaired) electrons. The Balaban J connectivity index is 1.45. The highest BCUT2D eigenvalue weighted by Gasteiger charge is 2.04. The molecule has 3 rings (SSSR count). The predicted molar refractivity (Wildman–Crippen MR) is 100.0 cm³/mol. The molecule has 0 saturated heterocycles. The minimum atomic E-state index is -0.121. The Labute approximate surface area is 150 Å². The van der Waals surface area contributed by atoms with Gasteiger partial charge >= 0.3 is 0 Å². The molecule has 2 N–H and O–H groups in total. The first-order valence-corrected chi connectivity index (χ1v) is 9.04. The molecule has 0 saturated carbocycles. The zero-order chi connectivity index (χ0) is 17.3. The van der Waals surface area contributed by atoms with Crippen molar-refractivity contribution in [1.29, 1.82) is 0 Å². The molecule has 25 heavy (non-hydrogen) atoms. The molecule has 3 aromatic rings. The van der Waals surface area contributed by atoms with Crippen LogP contribution in [0.4, 0.5) is 5.95 Å². The molecule has 128 valence electrons. The van der Waals surface area contributed by atoms with Crippen molar-refractivity contribution < 1.29 is 0 Å². The van der Waals surface area contributed by atoms with E-state index in [1.165, 1.54) is 0 Å². The number of aromatic nitrogens is 4. The topological polar surface area (TPSA) is 83.6 Å². The van der Waals surface area contributed by atoms with E-state index in [4.69, 9.17) is 0 Å². The molecular formula is C18H19N5OS. The maximum Gasteiger partial charge on any atom is 0.255 e. The molecule has 0 aliphatic carbocycles. The summed E-state index contributed by atoms with van der Waals surface area (Å²) in [6.07, 6.45) is 8.36. The van der Waals surface area contributed by atoms with E-state index in [1.54, 1.807) is 36.5 Å². The van der Waals surface area contributed by atoms with Gasteiger partial charge in [-0.05, 0) is 30.2 Å². The molecule has 3 heterocycles. The number of anilines is 1. The quantitative estimate of drug-likeness (QED) is 0.478. The molecule has 0 aliphatic heterocycles. The van der Waals surface area contributed by atoms with Crippen molar-refractivity contribution in [3.8, 4) is 0 Å². The third-order valence-corrected chi connectivity index (χ3v) is 4.52. The summed E-state index contributed by atoms with van der Waals surface area (Å²) in [4.78, 5) is 27.5. The number of nitrogens with zero attached hydrogens (tertiary/aromatic N) is 3. The Morgan fingerprint density at radius 3 is 2.80 bits per heavy atom. The molecule has 0 atom stereocenters. The molecule has 0 amide bonds. The van der Waals surface area contributed by atoms with E-state index in [9.17, 15) is 4.79 Å². The third-order valence-electron chi connectivity index (χ3n) is 3.49. The average molecular weight is 353 g/mol. The smallest absolute Gasteiger partial charge is 0.255 e. The lowest BCUT2D eigenvalue weighted by Gasteiger charge is -2.06. The van der Waals surface area contributed by atoms with E-state index in [2.05, 4.69) is 25.3 Å². The second-order valence-corrected chi connectivity index (χ2v) is 6.54. The van der Waals surface area contributed by atoms with Crippen molar-refractivity contribution >= 4 is 17.7 Å². The maximum absolute atomic E-state index is 12.1. The zero-order valence-electron chi connectivity index (χ0n) is 13.7. The van der Waals surface area contributed by atoms with Crippen molar-refractivity contribution in [1.82, 2.24) is 19.9 Å². The highest BCUT2D eigenvalue weighted by molar-refractivity contribution is 7.99. The summed E-state index contributed by atoms with van der Waals surface area (Å²) < 4.78 is 0. The molecule has 7 heteroatoms. The monoisotopic (exact) mass is 353 g/mol. The summed E-state index contributed by atoms with van der Waals surface area (Å²) in [6.45, 7) is 0.741. The normalized spacial score (nSPS) is 10.6. The Morgan fingerprint density at radius 1 is 1.08 bits per heavy atom. The Kier molecular flexibility index (Phi) is 6.17. The van der Waals surface area contributed by atoms with Gasteiger partial charge in [0.1, 0.15) is 0 Å². The van der Waals surface area contributed by atoms with Crippen LogP contribution in [0.1, 0.15) is 17.5 Å². The van der Waals surface area contributed by atoms with Crippen LogP contribution in [0.5, 0.6) is 0 Å². The first-order valence-electron chi connectivity index (χ1n) is 8.06. The van der Waals surface area contributed by atoms with Gasteiger partial charge in [-0.3, -0.25) is 14.8 Å². The van der Waals surface area contributed by atoms with Crippen LogP contribution in [0.25, 0.3) is 0 Å². The Bertz CT molecular complexity index is 839. The van der Waals surface area contributed by atoms with Crippen LogP contribution >= 0.6 is 11.8 Å². The van der Waals surface area contributed by atoms with Crippen LogP contribution in [0.15, 0.2) is 64.9 Å². The number of H-pyrrole nitrogens is 1. The van der Waals surface area contributed by atoms with E-state index in [-0.39, 0.29) is 5.56 Å². The molecule has 0 aromatic carbocycles. The van der Waals surface area contributed by atoms with Gasteiger partial charge in [0, 0.05) is 49.1 Å². The van der Waals surface area contributed by atoms with Gasteiger partial charge < -0.3 is 5.32 Å². The number of nitrogens with one attached hydrogen (secondary N) is 2. The van der Waals surface area contributed by atoms with Gasteiger partial charge in [-0.25, -0.2) is 9.97 Å². The fourth-order valence-corrected chi connectivity index (χ4v) is 3.06. The average Bonchev–Trinajstić information content (AvgIpc) is 2.65. The van der Waals surface area contributed by atoms with Gasteiger partial charge in [0.15, 0.2) is 0 Å². The van der Waals surface area contributed by atoms with Gasteiger partial charge in [0.2, 0.25) is 5.95 Å². The first kappa shape index (κ1) is 17.2. The van der Waals surface area contributed by atoms with Crippen molar-refractivity contribution in [2.45, 2.75) is 17.9 Å². The molecule has 0 aliphatic rings. The fourth-order valence-electron chi connectivity index (χ4n) is 2.25. The standard InChI is InChI=1S/C18H19N5OS/c24-17-15(11-14-5-3-7-19-12-14)13-22-18(23-17)21-9-4-10-25-16-6-1-2-8-20-16/h1-3,5-8,12-13H,4,9-11H2,(H2,21,22,23,24). The summed E-state index contributed by atoms with van der Waals surface area (Å²) in [5, 5.41) is 4.17. The first-order chi connectivity index (χ1) is 12.3. The van der Waals surface area contributed by atoms with Gasteiger partial charge in [-0.2, -0.15) is 0 Å². The summed E-state index contributed by atoms with van der Waals surface area (Å²) in [7, 11) is 0. The number of pyridine rings is 2. The van der Waals surface area contributed by atoms with Crippen LogP contribution in [-0.4, -0.2) is 32.2 Å². The van der Waals surface area contributed by atoms with Crippen LogP contribution < -0.4 is 10.9 Å². The Hall–Kier alpha value is -2.67. The van der Waals surface area contributed by atoms with Crippen LogP contribution in [-0.2, 0) is 6.42 Å². The van der Waals surface area contributed by atoms with Crippen LogP contribution in [0, 0.1) is 0 Å². The molecular weight excluding hydrogens is 334 g/mol. The molecule has 0 fully saturated rings. The van der Waals surface area contributed by atoms with Crippen molar-refractivity contribution in [2.75, 3.05) is 17.6 Å². The number of hydrogen-bond donors (Lipinski definition) is 2. The highest BCUT2D eigenvalue weighted by Crippen LogP contribution is 2.14. The summed E-state index contributed by atoms with van der Waals surface area (Å²) in [5.74, 6) is 1.45. The van der Waals surface area contributed by atoms with Crippen LogP contribution in [0.3, 0.4) is 0 Å². The minimum absolute atomic E-state index is 0.121. The van der Waals surface area contributed by atoms with Crippen molar-refractivity contribution in [3.05, 3.63) is 76.6 Å². The SMILES string of the molecule is O=c1[nH]c(NCCCSc2ccccn2)ncc1Cc1cccnc1. The van der Waals surface area contributed by atoms with Gasteiger partial charge in [-0.1, -0.05) is 12.1 Å². The van der Waals surface area contributed by atoms with Crippen LogP contribution in [0.2, 0.25) is 0 Å². The van der Waals surface area contributed by atoms with E-state index < -0.39 is 0 Å². The van der Waals surface area contributed by atoms with Gasteiger partial charge in [0.25, 0.3) is 5.56 Å². The molecule has 6 nitrogen and oxygen atoms in total. The number of aromatic amines is 1. The summed E-state index contributed by atoms with van der Waals surface area (Å²) in [6, 6.07) is 9.69. The van der Waals surface area contributed by atoms with E-state index >= 15 is 0 Å². The molecule has 0 unspecified atom stereocenters. The summed E-state index contributed by atoms with van der Waals surface area (Å²) in [5.41, 5.74) is 1.50. The minimum Gasteiger partial charge on any atom is -0.356 e. The Morgan fingerprint density at radius 2 is 2.04 bits per heavy atom. The number of rotatable bonds is 8. The molecule has 0 spiro atoms. The van der Waals surface area contributed by atoms with E-state index in [0.29, 0.717) is 17.9 Å². The summed E-state index contributed by atoms with van der Waals surface area (Å²) >= 11 is 1.71. The van der Waals surface area contributed by atoms with Gasteiger partial charge in [0.05, 0.1) is 5.03 Å². The van der Waals surface area contributed by atoms with Gasteiger partial charge in [-0.15, -0.1) is 11.8 Å². The second kappa shape index (κ2) is 8.98. The highest BCUT2D eigenvalue weighted by atomic mass is 32.2. The fraction of sp³-hybridized carbons (Fsp3) is 0.222. The number of thioether (sulfide) groups is 1.